The molecule has 3 nitrogen and oxygen atoms in total. The number of rotatable bonds is 4. The van der Waals surface area contributed by atoms with Gasteiger partial charge in [-0.3, -0.25) is 4.90 Å². The molecule has 0 aromatic heterocycles. The Bertz CT molecular complexity index is 223. The Morgan fingerprint density at radius 1 is 1.67 bits per heavy atom. The van der Waals surface area contributed by atoms with Gasteiger partial charge in [0.25, 0.3) is 0 Å². The first-order valence-corrected chi connectivity index (χ1v) is 6.15. The predicted molar refractivity (Wildman–Crippen MR) is 66.8 cm³/mol. The van der Waals surface area contributed by atoms with E-state index in [1.54, 1.807) is 0 Å². The van der Waals surface area contributed by atoms with Crippen LogP contribution in [0.25, 0.3) is 0 Å². The van der Waals surface area contributed by atoms with Gasteiger partial charge in [-0.15, -0.1) is 0 Å². The molecule has 1 rings (SSSR count). The third-order valence-corrected chi connectivity index (χ3v) is 3.54. The molecular formula is C11H22N2OS. The molecule has 3 N–H and O–H groups in total. The molecule has 1 fully saturated rings. The molecule has 4 heteroatoms. The second-order valence-corrected chi connectivity index (χ2v) is 5.09. The van der Waals surface area contributed by atoms with E-state index in [1.165, 1.54) is 0 Å². The Labute approximate surface area is 97.6 Å². The van der Waals surface area contributed by atoms with Crippen molar-refractivity contribution >= 4 is 17.2 Å². The lowest BCUT2D eigenvalue weighted by atomic mass is 9.94. The first-order valence-electron chi connectivity index (χ1n) is 5.75. The van der Waals surface area contributed by atoms with Crippen molar-refractivity contribution < 1.29 is 5.11 Å². The maximum Gasteiger partial charge on any atom is 0.0743 e. The lowest BCUT2D eigenvalue weighted by Crippen LogP contribution is -2.48. The highest BCUT2D eigenvalue weighted by molar-refractivity contribution is 7.80. The van der Waals surface area contributed by atoms with Crippen LogP contribution in [0.1, 0.15) is 33.1 Å². The number of aliphatic hydroxyl groups is 1. The Hall–Kier alpha value is -0.190. The first kappa shape index (κ1) is 12.9. The van der Waals surface area contributed by atoms with Crippen LogP contribution in [0.5, 0.6) is 0 Å². The maximum absolute atomic E-state index is 9.82. The highest BCUT2D eigenvalue weighted by Crippen LogP contribution is 2.21. The minimum atomic E-state index is -0.195. The molecule has 3 atom stereocenters. The SMILES string of the molecule is CCC(CC(N)=S)N1CCC(C)C(O)C1. The minimum absolute atomic E-state index is 0.195. The molecular weight excluding hydrogens is 208 g/mol. The van der Waals surface area contributed by atoms with E-state index in [9.17, 15) is 5.11 Å². The normalized spacial score (nSPS) is 30.1. The summed E-state index contributed by atoms with van der Waals surface area (Å²) in [5.41, 5.74) is 5.58. The Balaban J connectivity index is 2.50. The number of thiocarbonyl (C=S) groups is 1. The number of hydrogen-bond acceptors (Lipinski definition) is 3. The molecule has 88 valence electrons. The molecule has 1 aliphatic heterocycles. The number of nitrogens with zero attached hydrogens (tertiary/aromatic N) is 1. The Kier molecular flexibility index (Phi) is 4.96. The van der Waals surface area contributed by atoms with E-state index >= 15 is 0 Å². The van der Waals surface area contributed by atoms with Gasteiger partial charge >= 0.3 is 0 Å². The van der Waals surface area contributed by atoms with Gasteiger partial charge in [-0.1, -0.05) is 26.1 Å². The van der Waals surface area contributed by atoms with Gasteiger partial charge in [0.1, 0.15) is 0 Å². The summed E-state index contributed by atoms with van der Waals surface area (Å²) in [6, 6.07) is 0.407. The summed E-state index contributed by atoms with van der Waals surface area (Å²) in [4.78, 5) is 2.90. The number of nitrogens with two attached hydrogens (primary N) is 1. The fourth-order valence-corrected chi connectivity index (χ4v) is 2.36. The zero-order valence-corrected chi connectivity index (χ0v) is 10.5. The molecule has 0 amide bonds. The van der Waals surface area contributed by atoms with Gasteiger partial charge in [0.2, 0.25) is 0 Å². The van der Waals surface area contributed by atoms with Gasteiger partial charge < -0.3 is 10.8 Å². The monoisotopic (exact) mass is 230 g/mol. The number of piperidine rings is 1. The largest absolute Gasteiger partial charge is 0.393 e. The first-order chi connectivity index (χ1) is 7.04. The van der Waals surface area contributed by atoms with Crippen LogP contribution in [0.2, 0.25) is 0 Å². The summed E-state index contributed by atoms with van der Waals surface area (Å²) in [5.74, 6) is 0.420. The van der Waals surface area contributed by atoms with Crippen LogP contribution in [-0.2, 0) is 0 Å². The van der Waals surface area contributed by atoms with Crippen molar-refractivity contribution in [2.45, 2.75) is 45.3 Å². The molecule has 3 unspecified atom stereocenters. The van der Waals surface area contributed by atoms with E-state index in [2.05, 4.69) is 18.7 Å². The van der Waals surface area contributed by atoms with Gasteiger partial charge in [-0.25, -0.2) is 0 Å². The fraction of sp³-hybridized carbons (Fsp3) is 0.909. The van der Waals surface area contributed by atoms with Gasteiger partial charge in [0, 0.05) is 19.0 Å². The third-order valence-electron chi connectivity index (χ3n) is 3.37. The van der Waals surface area contributed by atoms with Crippen LogP contribution in [-0.4, -0.2) is 40.2 Å². The van der Waals surface area contributed by atoms with Gasteiger partial charge in [0.15, 0.2) is 0 Å². The van der Waals surface area contributed by atoms with Crippen LogP contribution in [0.15, 0.2) is 0 Å². The molecule has 1 heterocycles. The van der Waals surface area contributed by atoms with Crippen molar-refractivity contribution in [1.29, 1.82) is 0 Å². The average Bonchev–Trinajstić information content (AvgIpc) is 2.18. The lowest BCUT2D eigenvalue weighted by molar-refractivity contribution is 0.0106. The summed E-state index contributed by atoms with van der Waals surface area (Å²) in [6.07, 6.45) is 2.68. The zero-order valence-electron chi connectivity index (χ0n) is 9.65. The number of hydrogen-bond donors (Lipinski definition) is 2. The van der Waals surface area contributed by atoms with Crippen LogP contribution in [0.3, 0.4) is 0 Å². The fourth-order valence-electron chi connectivity index (χ4n) is 2.17. The van der Waals surface area contributed by atoms with Crippen molar-refractivity contribution in [1.82, 2.24) is 4.90 Å². The average molecular weight is 230 g/mol. The molecule has 0 aromatic rings. The number of likely N-dealkylation sites (tertiary alicyclic amines) is 1. The summed E-state index contributed by atoms with van der Waals surface area (Å²) in [5, 5.41) is 9.82. The smallest absolute Gasteiger partial charge is 0.0743 e. The molecule has 1 saturated heterocycles. The number of aliphatic hydroxyl groups excluding tert-OH is 1. The van der Waals surface area contributed by atoms with Crippen LogP contribution < -0.4 is 5.73 Å². The third kappa shape index (κ3) is 3.70. The number of β-amino-alcohol motifs (C(OH)–C–C–N with tert-alkyl or cyclic N) is 1. The lowest BCUT2D eigenvalue weighted by Gasteiger charge is -2.39. The van der Waals surface area contributed by atoms with E-state index in [4.69, 9.17) is 18.0 Å². The molecule has 1 aliphatic rings. The topological polar surface area (TPSA) is 49.5 Å². The summed E-state index contributed by atoms with van der Waals surface area (Å²) >= 11 is 4.95. The van der Waals surface area contributed by atoms with E-state index in [-0.39, 0.29) is 6.10 Å². The standard InChI is InChI=1S/C11H22N2OS/c1-3-9(6-11(12)15)13-5-4-8(2)10(14)7-13/h8-10,14H,3-7H2,1-2H3,(H2,12,15). The molecule has 0 saturated carbocycles. The van der Waals surface area contributed by atoms with E-state index in [0.29, 0.717) is 16.9 Å². The van der Waals surface area contributed by atoms with Crippen molar-refractivity contribution in [2.24, 2.45) is 11.7 Å². The summed E-state index contributed by atoms with van der Waals surface area (Å²) in [6.45, 7) is 6.07. The second-order valence-electron chi connectivity index (χ2n) is 4.56. The van der Waals surface area contributed by atoms with E-state index in [0.717, 1.165) is 32.4 Å². The quantitative estimate of drug-likeness (QED) is 0.711. The van der Waals surface area contributed by atoms with Crippen LogP contribution >= 0.6 is 12.2 Å². The molecule has 15 heavy (non-hydrogen) atoms. The molecule has 0 bridgehead atoms. The van der Waals surface area contributed by atoms with Gasteiger partial charge in [-0.05, 0) is 25.3 Å². The molecule has 0 radical (unpaired) electrons. The Morgan fingerprint density at radius 2 is 2.33 bits per heavy atom. The van der Waals surface area contributed by atoms with Gasteiger partial charge in [0.05, 0.1) is 11.1 Å². The van der Waals surface area contributed by atoms with E-state index in [1.807, 2.05) is 0 Å². The molecule has 0 spiro atoms. The van der Waals surface area contributed by atoms with Crippen molar-refractivity contribution in [3.63, 3.8) is 0 Å². The highest BCUT2D eigenvalue weighted by atomic mass is 32.1. The second kappa shape index (κ2) is 5.77. The van der Waals surface area contributed by atoms with Crippen molar-refractivity contribution in [3.05, 3.63) is 0 Å². The maximum atomic E-state index is 9.82. The molecule has 0 aromatic carbocycles. The van der Waals surface area contributed by atoms with Crippen LogP contribution in [0, 0.1) is 5.92 Å². The highest BCUT2D eigenvalue weighted by Gasteiger charge is 2.28. The summed E-state index contributed by atoms with van der Waals surface area (Å²) < 4.78 is 0. The molecule has 0 aliphatic carbocycles. The minimum Gasteiger partial charge on any atom is -0.393 e. The zero-order chi connectivity index (χ0) is 11.4. The van der Waals surface area contributed by atoms with Crippen molar-refractivity contribution in [2.75, 3.05) is 13.1 Å². The van der Waals surface area contributed by atoms with Gasteiger partial charge in [-0.2, -0.15) is 0 Å². The Morgan fingerprint density at radius 3 is 2.80 bits per heavy atom. The van der Waals surface area contributed by atoms with Crippen molar-refractivity contribution in [3.8, 4) is 0 Å². The van der Waals surface area contributed by atoms with E-state index < -0.39 is 0 Å². The predicted octanol–water partition coefficient (Wildman–Crippen LogP) is 1.14. The van der Waals surface area contributed by atoms with Crippen LogP contribution in [0.4, 0.5) is 0 Å². The summed E-state index contributed by atoms with van der Waals surface area (Å²) in [7, 11) is 0.